The average Bonchev–Trinajstić information content (AvgIpc) is 2.51. The summed E-state index contributed by atoms with van der Waals surface area (Å²) in [4.78, 5) is 4.76. The Morgan fingerprint density at radius 2 is 1.90 bits per heavy atom. The van der Waals surface area contributed by atoms with Gasteiger partial charge in [0.25, 0.3) is 0 Å². The van der Waals surface area contributed by atoms with E-state index in [-0.39, 0.29) is 17.6 Å². The monoisotopic (exact) mass is 289 g/mol. The standard InChI is InChI=1S/C17H27N3O/c1-5-17(6-2)14(12(3)15(17)21-4)20-16(18)19-13-10-8-7-9-11-13/h7-12,14-15H,5-6H2,1-4H3,(H3,18,19,20). The number of guanidine groups is 1. The van der Waals surface area contributed by atoms with Crippen molar-refractivity contribution in [1.82, 2.24) is 0 Å². The van der Waals surface area contributed by atoms with E-state index >= 15 is 0 Å². The quantitative estimate of drug-likeness (QED) is 0.646. The molecule has 0 aliphatic heterocycles. The first-order valence-corrected chi connectivity index (χ1v) is 7.77. The number of nitrogens with zero attached hydrogens (tertiary/aromatic N) is 1. The molecule has 1 aliphatic carbocycles. The molecule has 0 aromatic heterocycles. The number of nitrogens with two attached hydrogens (primary N) is 1. The van der Waals surface area contributed by atoms with Crippen molar-refractivity contribution >= 4 is 11.6 Å². The molecule has 1 saturated carbocycles. The number of aliphatic imine (C=N–C) groups is 1. The van der Waals surface area contributed by atoms with Crippen molar-refractivity contribution in [2.45, 2.75) is 45.8 Å². The Hall–Kier alpha value is -1.55. The molecule has 3 N–H and O–H groups in total. The summed E-state index contributed by atoms with van der Waals surface area (Å²) in [5.74, 6) is 0.880. The van der Waals surface area contributed by atoms with E-state index in [1.807, 2.05) is 30.3 Å². The molecule has 0 radical (unpaired) electrons. The Morgan fingerprint density at radius 3 is 2.43 bits per heavy atom. The Labute approximate surface area is 127 Å². The molecule has 0 bridgehead atoms. The van der Waals surface area contributed by atoms with E-state index in [0.717, 1.165) is 18.5 Å². The fraction of sp³-hybridized carbons (Fsp3) is 0.588. The maximum absolute atomic E-state index is 6.09. The van der Waals surface area contributed by atoms with Gasteiger partial charge in [0.15, 0.2) is 5.96 Å². The molecule has 1 aromatic carbocycles. The number of ether oxygens (including phenoxy) is 1. The summed E-state index contributed by atoms with van der Waals surface area (Å²) in [6.45, 7) is 6.62. The zero-order valence-corrected chi connectivity index (χ0v) is 13.5. The van der Waals surface area contributed by atoms with Gasteiger partial charge in [-0.2, -0.15) is 0 Å². The molecule has 116 valence electrons. The van der Waals surface area contributed by atoms with Crippen LogP contribution in [-0.2, 0) is 4.74 Å². The summed E-state index contributed by atoms with van der Waals surface area (Å²) in [6, 6.07) is 10.1. The molecule has 4 nitrogen and oxygen atoms in total. The first-order valence-electron chi connectivity index (χ1n) is 7.77. The van der Waals surface area contributed by atoms with Crippen LogP contribution in [0.15, 0.2) is 35.3 Å². The van der Waals surface area contributed by atoms with E-state index < -0.39 is 0 Å². The van der Waals surface area contributed by atoms with Crippen LogP contribution in [0.5, 0.6) is 0 Å². The maximum Gasteiger partial charge on any atom is 0.193 e. The van der Waals surface area contributed by atoms with Crippen LogP contribution >= 0.6 is 0 Å². The Balaban J connectivity index is 2.15. The van der Waals surface area contributed by atoms with Gasteiger partial charge in [-0.25, -0.2) is 4.99 Å². The summed E-state index contributed by atoms with van der Waals surface area (Å²) in [5, 5.41) is 3.17. The van der Waals surface area contributed by atoms with Crippen LogP contribution in [0.2, 0.25) is 0 Å². The molecule has 1 fully saturated rings. The van der Waals surface area contributed by atoms with E-state index in [1.54, 1.807) is 7.11 Å². The first kappa shape index (κ1) is 15.8. The third-order valence-corrected chi connectivity index (χ3v) is 5.03. The Bertz CT molecular complexity index is 482. The molecule has 1 aromatic rings. The van der Waals surface area contributed by atoms with Gasteiger partial charge in [0.2, 0.25) is 0 Å². The zero-order chi connectivity index (χ0) is 15.5. The minimum Gasteiger partial charge on any atom is -0.380 e. The van der Waals surface area contributed by atoms with E-state index in [9.17, 15) is 0 Å². The highest BCUT2D eigenvalue weighted by atomic mass is 16.5. The highest BCUT2D eigenvalue weighted by Gasteiger charge is 2.58. The highest BCUT2D eigenvalue weighted by Crippen LogP contribution is 2.54. The molecule has 0 amide bonds. The van der Waals surface area contributed by atoms with Gasteiger partial charge in [-0.1, -0.05) is 39.0 Å². The molecular weight excluding hydrogens is 262 g/mol. The van der Waals surface area contributed by atoms with E-state index in [4.69, 9.17) is 15.5 Å². The smallest absolute Gasteiger partial charge is 0.193 e. The lowest BCUT2D eigenvalue weighted by Crippen LogP contribution is -2.63. The van der Waals surface area contributed by atoms with Gasteiger partial charge >= 0.3 is 0 Å². The van der Waals surface area contributed by atoms with Gasteiger partial charge in [-0.05, 0) is 25.0 Å². The predicted octanol–water partition coefficient (Wildman–Crippen LogP) is 3.25. The molecule has 0 heterocycles. The number of nitrogens with one attached hydrogen (secondary N) is 1. The Kier molecular flexibility index (Phi) is 4.88. The molecule has 0 spiro atoms. The van der Waals surface area contributed by atoms with Gasteiger partial charge in [0, 0.05) is 24.1 Å². The van der Waals surface area contributed by atoms with Crippen LogP contribution in [0.3, 0.4) is 0 Å². The van der Waals surface area contributed by atoms with Crippen molar-refractivity contribution in [3.63, 3.8) is 0 Å². The maximum atomic E-state index is 6.09. The molecule has 3 unspecified atom stereocenters. The second-order valence-electron chi connectivity index (χ2n) is 5.91. The largest absolute Gasteiger partial charge is 0.380 e. The van der Waals surface area contributed by atoms with Gasteiger partial charge in [0.05, 0.1) is 12.1 Å². The van der Waals surface area contributed by atoms with E-state index in [2.05, 4.69) is 26.1 Å². The second-order valence-corrected chi connectivity index (χ2v) is 5.91. The third-order valence-electron chi connectivity index (χ3n) is 5.03. The molecule has 4 heteroatoms. The van der Waals surface area contributed by atoms with E-state index in [0.29, 0.717) is 11.9 Å². The van der Waals surface area contributed by atoms with Gasteiger partial charge in [-0.15, -0.1) is 0 Å². The van der Waals surface area contributed by atoms with Crippen LogP contribution in [0, 0.1) is 11.3 Å². The van der Waals surface area contributed by atoms with Gasteiger partial charge in [-0.3, -0.25) is 0 Å². The molecule has 21 heavy (non-hydrogen) atoms. The molecule has 3 atom stereocenters. The molecular formula is C17H27N3O. The third kappa shape index (κ3) is 2.77. The van der Waals surface area contributed by atoms with Crippen molar-refractivity contribution in [1.29, 1.82) is 0 Å². The van der Waals surface area contributed by atoms with Crippen LogP contribution < -0.4 is 11.1 Å². The van der Waals surface area contributed by atoms with Crippen molar-refractivity contribution in [2.24, 2.45) is 22.1 Å². The van der Waals surface area contributed by atoms with Crippen molar-refractivity contribution in [2.75, 3.05) is 12.4 Å². The van der Waals surface area contributed by atoms with Gasteiger partial charge < -0.3 is 15.8 Å². The SMILES string of the molecule is CCC1(CC)C(N=C(N)Nc2ccccc2)C(C)C1OC. The molecule has 1 aliphatic rings. The van der Waals surface area contributed by atoms with Crippen LogP contribution in [0.4, 0.5) is 5.69 Å². The van der Waals surface area contributed by atoms with Gasteiger partial charge in [0.1, 0.15) is 0 Å². The minimum atomic E-state index is 0.108. The Morgan fingerprint density at radius 1 is 1.29 bits per heavy atom. The minimum absolute atomic E-state index is 0.108. The van der Waals surface area contributed by atoms with Crippen molar-refractivity contribution < 1.29 is 4.74 Å². The number of para-hydroxylation sites is 1. The summed E-state index contributed by atoms with van der Waals surface area (Å²) >= 11 is 0. The molecule has 0 saturated heterocycles. The summed E-state index contributed by atoms with van der Waals surface area (Å²) in [6.07, 6.45) is 2.38. The average molecular weight is 289 g/mol. The van der Waals surface area contributed by atoms with E-state index in [1.165, 1.54) is 0 Å². The number of methoxy groups -OCH3 is 1. The lowest BCUT2D eigenvalue weighted by Gasteiger charge is -2.57. The first-order chi connectivity index (χ1) is 10.1. The number of anilines is 1. The van der Waals surface area contributed by atoms with Crippen LogP contribution in [0.1, 0.15) is 33.6 Å². The zero-order valence-electron chi connectivity index (χ0n) is 13.5. The highest BCUT2D eigenvalue weighted by molar-refractivity contribution is 5.92. The fourth-order valence-corrected chi connectivity index (χ4v) is 3.88. The van der Waals surface area contributed by atoms with Crippen LogP contribution in [0.25, 0.3) is 0 Å². The van der Waals surface area contributed by atoms with Crippen molar-refractivity contribution in [3.8, 4) is 0 Å². The number of benzene rings is 1. The number of hydrogen-bond donors (Lipinski definition) is 2. The topological polar surface area (TPSA) is 59.6 Å². The predicted molar refractivity (Wildman–Crippen MR) is 88.5 cm³/mol. The van der Waals surface area contributed by atoms with Crippen molar-refractivity contribution in [3.05, 3.63) is 30.3 Å². The summed E-state index contributed by atoms with van der Waals surface area (Å²) in [5.41, 5.74) is 7.17. The summed E-state index contributed by atoms with van der Waals surface area (Å²) in [7, 11) is 1.80. The second kappa shape index (κ2) is 6.48. The lowest BCUT2D eigenvalue weighted by molar-refractivity contribution is -0.156. The number of rotatable bonds is 5. The fourth-order valence-electron chi connectivity index (χ4n) is 3.88. The lowest BCUT2D eigenvalue weighted by atomic mass is 9.53. The number of hydrogen-bond acceptors (Lipinski definition) is 2. The van der Waals surface area contributed by atoms with Crippen LogP contribution in [-0.4, -0.2) is 25.2 Å². The molecule has 2 rings (SSSR count). The normalized spacial score (nSPS) is 28.0. The summed E-state index contributed by atoms with van der Waals surface area (Å²) < 4.78 is 5.70.